The van der Waals surface area contributed by atoms with Crippen LogP contribution in [0.2, 0.25) is 0 Å². The highest BCUT2D eigenvalue weighted by molar-refractivity contribution is 9.10. The molecule has 3 N–H and O–H groups in total. The van der Waals surface area contributed by atoms with E-state index in [1.165, 1.54) is 12.1 Å². The van der Waals surface area contributed by atoms with Gasteiger partial charge in [0.25, 0.3) is 5.91 Å². The first-order valence-electron chi connectivity index (χ1n) is 7.16. The molecule has 2 aromatic carbocycles. The molecule has 1 atom stereocenters. The number of phenolic OH excluding ortho intramolecular Hbond substituents is 2. The van der Waals surface area contributed by atoms with Crippen LogP contribution in [0.3, 0.4) is 0 Å². The van der Waals surface area contributed by atoms with E-state index in [1.54, 1.807) is 25.1 Å². The van der Waals surface area contributed by atoms with Gasteiger partial charge in [-0.3, -0.25) is 4.79 Å². The topological polar surface area (TPSA) is 78.8 Å². The van der Waals surface area contributed by atoms with Crippen molar-refractivity contribution in [1.29, 1.82) is 0 Å². The third-order valence-electron chi connectivity index (χ3n) is 3.25. The van der Waals surface area contributed by atoms with Crippen LogP contribution in [0.25, 0.3) is 0 Å². The Kier molecular flexibility index (Phi) is 5.87. The summed E-state index contributed by atoms with van der Waals surface area (Å²) >= 11 is 3.34. The van der Waals surface area contributed by atoms with E-state index >= 15 is 0 Å². The zero-order valence-electron chi connectivity index (χ0n) is 12.6. The van der Waals surface area contributed by atoms with Gasteiger partial charge in [-0.25, -0.2) is 0 Å². The number of halogens is 1. The van der Waals surface area contributed by atoms with Crippen molar-refractivity contribution < 1.29 is 19.7 Å². The zero-order valence-corrected chi connectivity index (χ0v) is 14.2. The van der Waals surface area contributed by atoms with Crippen LogP contribution in [0.5, 0.6) is 17.2 Å². The summed E-state index contributed by atoms with van der Waals surface area (Å²) in [5.74, 6) is 0.0882. The first-order valence-corrected chi connectivity index (χ1v) is 7.96. The number of amides is 1. The number of carbonyl (C=O) groups excluding carboxylic acids is 1. The first-order chi connectivity index (χ1) is 11.0. The van der Waals surface area contributed by atoms with E-state index in [0.717, 1.165) is 10.0 Å². The van der Waals surface area contributed by atoms with E-state index < -0.39 is 6.10 Å². The molecule has 5 nitrogen and oxygen atoms in total. The minimum Gasteiger partial charge on any atom is -0.504 e. The second-order valence-electron chi connectivity index (χ2n) is 5.08. The smallest absolute Gasteiger partial charge is 0.260 e. The first kappa shape index (κ1) is 17.1. The van der Waals surface area contributed by atoms with Crippen molar-refractivity contribution in [2.24, 2.45) is 0 Å². The molecule has 23 heavy (non-hydrogen) atoms. The lowest BCUT2D eigenvalue weighted by Crippen LogP contribution is -2.37. The molecule has 0 aromatic heterocycles. The van der Waals surface area contributed by atoms with E-state index in [-0.39, 0.29) is 17.4 Å². The molecule has 122 valence electrons. The molecule has 0 aliphatic heterocycles. The molecule has 0 spiro atoms. The standard InChI is InChI=1S/C17H18BrNO4/c1-11(23-14-5-3-13(18)4-6-14)17(22)19-9-8-12-2-7-15(20)16(21)10-12/h2-7,10-11,20-21H,8-9H2,1H3,(H,19,22). The number of aromatic hydroxyl groups is 2. The van der Waals surface area contributed by atoms with Gasteiger partial charge in [0.1, 0.15) is 5.75 Å². The molecule has 2 aromatic rings. The fourth-order valence-corrected chi connectivity index (χ4v) is 2.23. The van der Waals surface area contributed by atoms with Gasteiger partial charge >= 0.3 is 0 Å². The van der Waals surface area contributed by atoms with Gasteiger partial charge in [-0.05, 0) is 55.3 Å². The van der Waals surface area contributed by atoms with Gasteiger partial charge in [-0.15, -0.1) is 0 Å². The maximum atomic E-state index is 12.0. The Morgan fingerprint density at radius 1 is 1.17 bits per heavy atom. The molecule has 0 radical (unpaired) electrons. The summed E-state index contributed by atoms with van der Waals surface area (Å²) in [6, 6.07) is 11.9. The van der Waals surface area contributed by atoms with Gasteiger partial charge in [0.05, 0.1) is 0 Å². The van der Waals surface area contributed by atoms with Crippen LogP contribution in [-0.4, -0.2) is 28.8 Å². The lowest BCUT2D eigenvalue weighted by atomic mass is 10.1. The fraction of sp³-hybridized carbons (Fsp3) is 0.235. The predicted octanol–water partition coefficient (Wildman–Crippen LogP) is 2.99. The van der Waals surface area contributed by atoms with E-state index in [2.05, 4.69) is 21.2 Å². The van der Waals surface area contributed by atoms with Crippen molar-refractivity contribution in [3.63, 3.8) is 0 Å². The van der Waals surface area contributed by atoms with Crippen molar-refractivity contribution in [2.45, 2.75) is 19.4 Å². The summed E-state index contributed by atoms with van der Waals surface area (Å²) in [5.41, 5.74) is 0.821. The highest BCUT2D eigenvalue weighted by atomic mass is 79.9. The molecule has 0 heterocycles. The van der Waals surface area contributed by atoms with Gasteiger partial charge in [0.2, 0.25) is 0 Å². The van der Waals surface area contributed by atoms with Crippen molar-refractivity contribution in [3.05, 3.63) is 52.5 Å². The molecule has 0 aliphatic carbocycles. The molecular weight excluding hydrogens is 362 g/mol. The Morgan fingerprint density at radius 3 is 2.52 bits per heavy atom. The van der Waals surface area contributed by atoms with Gasteiger partial charge in [-0.2, -0.15) is 0 Å². The molecule has 2 rings (SSSR count). The van der Waals surface area contributed by atoms with Crippen LogP contribution in [-0.2, 0) is 11.2 Å². The summed E-state index contributed by atoms with van der Waals surface area (Å²) < 4.78 is 6.51. The Balaban J connectivity index is 1.79. The van der Waals surface area contributed by atoms with Gasteiger partial charge in [-0.1, -0.05) is 22.0 Å². The molecule has 0 fully saturated rings. The Labute approximate surface area is 143 Å². The third kappa shape index (κ3) is 5.17. The third-order valence-corrected chi connectivity index (χ3v) is 3.78. The Hall–Kier alpha value is -2.21. The number of ether oxygens (including phenoxy) is 1. The van der Waals surface area contributed by atoms with Gasteiger partial charge < -0.3 is 20.3 Å². The fourth-order valence-electron chi connectivity index (χ4n) is 1.97. The van der Waals surface area contributed by atoms with Gasteiger partial charge in [0.15, 0.2) is 17.6 Å². The number of benzene rings is 2. The van der Waals surface area contributed by atoms with Crippen molar-refractivity contribution in [2.75, 3.05) is 6.54 Å². The van der Waals surface area contributed by atoms with Crippen LogP contribution >= 0.6 is 15.9 Å². The molecule has 0 saturated carbocycles. The van der Waals surface area contributed by atoms with E-state index in [9.17, 15) is 15.0 Å². The molecule has 0 saturated heterocycles. The summed E-state index contributed by atoms with van der Waals surface area (Å²) in [6.45, 7) is 2.10. The summed E-state index contributed by atoms with van der Waals surface area (Å²) in [6.07, 6.45) is -0.0608. The highest BCUT2D eigenvalue weighted by Crippen LogP contribution is 2.24. The van der Waals surface area contributed by atoms with E-state index in [1.807, 2.05) is 12.1 Å². The number of hydrogen-bond acceptors (Lipinski definition) is 4. The maximum Gasteiger partial charge on any atom is 0.260 e. The summed E-state index contributed by atoms with van der Waals surface area (Å²) in [4.78, 5) is 12.0. The monoisotopic (exact) mass is 379 g/mol. The number of nitrogens with one attached hydrogen (secondary N) is 1. The molecule has 1 amide bonds. The molecule has 0 aliphatic rings. The summed E-state index contributed by atoms with van der Waals surface area (Å²) in [7, 11) is 0. The normalized spacial score (nSPS) is 11.7. The van der Waals surface area contributed by atoms with Crippen LogP contribution in [0.1, 0.15) is 12.5 Å². The van der Waals surface area contributed by atoms with Crippen molar-refractivity contribution >= 4 is 21.8 Å². The largest absolute Gasteiger partial charge is 0.504 e. The minimum atomic E-state index is -0.607. The lowest BCUT2D eigenvalue weighted by molar-refractivity contribution is -0.127. The second kappa shape index (κ2) is 7.87. The predicted molar refractivity (Wildman–Crippen MR) is 90.7 cm³/mol. The minimum absolute atomic E-state index is 0.158. The Bertz CT molecular complexity index is 673. The molecule has 1 unspecified atom stereocenters. The number of phenols is 2. The van der Waals surface area contributed by atoms with E-state index in [4.69, 9.17) is 4.74 Å². The highest BCUT2D eigenvalue weighted by Gasteiger charge is 2.14. The summed E-state index contributed by atoms with van der Waals surface area (Å²) in [5, 5.41) is 21.4. The lowest BCUT2D eigenvalue weighted by Gasteiger charge is -2.15. The van der Waals surface area contributed by atoms with E-state index in [0.29, 0.717) is 18.7 Å². The molecule has 0 bridgehead atoms. The average molecular weight is 380 g/mol. The quantitative estimate of drug-likeness (QED) is 0.674. The Morgan fingerprint density at radius 2 is 1.87 bits per heavy atom. The van der Waals surface area contributed by atoms with Crippen LogP contribution in [0, 0.1) is 0 Å². The molecular formula is C17H18BrNO4. The van der Waals surface area contributed by atoms with Crippen molar-refractivity contribution in [3.8, 4) is 17.2 Å². The second-order valence-corrected chi connectivity index (χ2v) is 5.99. The zero-order chi connectivity index (χ0) is 16.8. The van der Waals surface area contributed by atoms with Gasteiger partial charge in [0, 0.05) is 11.0 Å². The average Bonchev–Trinajstić information content (AvgIpc) is 2.53. The van der Waals surface area contributed by atoms with Crippen LogP contribution < -0.4 is 10.1 Å². The number of hydrogen-bond donors (Lipinski definition) is 3. The molecule has 6 heteroatoms. The number of carbonyl (C=O) groups is 1. The number of rotatable bonds is 6. The maximum absolute atomic E-state index is 12.0. The van der Waals surface area contributed by atoms with Crippen LogP contribution in [0.15, 0.2) is 46.9 Å². The van der Waals surface area contributed by atoms with Crippen LogP contribution in [0.4, 0.5) is 0 Å². The SMILES string of the molecule is CC(Oc1ccc(Br)cc1)C(=O)NCCc1ccc(O)c(O)c1. The van der Waals surface area contributed by atoms with Crippen molar-refractivity contribution in [1.82, 2.24) is 5.32 Å².